The molecule has 0 bridgehead atoms. The average Bonchev–Trinajstić information content (AvgIpc) is 2.50. The molecular weight excluding hydrogens is 196 g/mol. The molecule has 6 nitrogen and oxygen atoms in total. The molecule has 1 aromatic rings. The van der Waals surface area contributed by atoms with E-state index in [1.807, 2.05) is 6.92 Å². The first-order chi connectivity index (χ1) is 7.15. The van der Waals surface area contributed by atoms with Crippen LogP contribution in [0.4, 0.5) is 11.5 Å². The SMILES string of the molecule is CCOCCC(=O)Nc1c(N)cnn1C. The van der Waals surface area contributed by atoms with Gasteiger partial charge < -0.3 is 15.8 Å². The van der Waals surface area contributed by atoms with Crippen LogP contribution < -0.4 is 11.1 Å². The molecular formula is C9H16N4O2. The number of carbonyl (C=O) groups is 1. The summed E-state index contributed by atoms with van der Waals surface area (Å²) < 4.78 is 6.59. The number of nitrogens with one attached hydrogen (secondary N) is 1. The normalized spacial score (nSPS) is 10.3. The van der Waals surface area contributed by atoms with Crippen molar-refractivity contribution >= 4 is 17.4 Å². The van der Waals surface area contributed by atoms with Crippen molar-refractivity contribution in [2.75, 3.05) is 24.3 Å². The number of carbonyl (C=O) groups excluding carboxylic acids is 1. The molecule has 0 aromatic carbocycles. The first kappa shape index (κ1) is 11.5. The van der Waals surface area contributed by atoms with Crippen LogP contribution in [0, 0.1) is 0 Å². The number of hydrogen-bond donors (Lipinski definition) is 2. The first-order valence-electron chi connectivity index (χ1n) is 4.80. The van der Waals surface area contributed by atoms with E-state index in [0.29, 0.717) is 31.1 Å². The summed E-state index contributed by atoms with van der Waals surface area (Å²) in [4.78, 5) is 11.4. The summed E-state index contributed by atoms with van der Waals surface area (Å²) in [5.74, 6) is 0.398. The van der Waals surface area contributed by atoms with E-state index in [4.69, 9.17) is 10.5 Å². The highest BCUT2D eigenvalue weighted by atomic mass is 16.5. The molecule has 3 N–H and O–H groups in total. The lowest BCUT2D eigenvalue weighted by atomic mass is 10.4. The van der Waals surface area contributed by atoms with Gasteiger partial charge in [-0.3, -0.25) is 9.48 Å². The minimum atomic E-state index is -0.126. The summed E-state index contributed by atoms with van der Waals surface area (Å²) in [6, 6.07) is 0. The number of nitrogens with two attached hydrogens (primary N) is 1. The maximum absolute atomic E-state index is 11.4. The Morgan fingerprint density at radius 2 is 2.47 bits per heavy atom. The number of ether oxygens (including phenoxy) is 1. The van der Waals surface area contributed by atoms with E-state index in [0.717, 1.165) is 0 Å². The van der Waals surface area contributed by atoms with Crippen LogP contribution in [0.25, 0.3) is 0 Å². The van der Waals surface area contributed by atoms with Crippen LogP contribution in [-0.2, 0) is 16.6 Å². The summed E-state index contributed by atoms with van der Waals surface area (Å²) in [5.41, 5.74) is 6.08. The molecule has 1 heterocycles. The van der Waals surface area contributed by atoms with Crippen molar-refractivity contribution in [2.24, 2.45) is 7.05 Å². The van der Waals surface area contributed by atoms with Crippen LogP contribution in [0.3, 0.4) is 0 Å². The summed E-state index contributed by atoms with van der Waals surface area (Å²) in [6.07, 6.45) is 1.82. The Morgan fingerprint density at radius 1 is 1.73 bits per heavy atom. The lowest BCUT2D eigenvalue weighted by Crippen LogP contribution is -2.17. The summed E-state index contributed by atoms with van der Waals surface area (Å²) in [7, 11) is 1.72. The van der Waals surface area contributed by atoms with Crippen molar-refractivity contribution in [3.8, 4) is 0 Å². The third-order valence-electron chi connectivity index (χ3n) is 1.90. The predicted molar refractivity (Wildman–Crippen MR) is 57.4 cm³/mol. The van der Waals surface area contributed by atoms with Crippen LogP contribution in [0.2, 0.25) is 0 Å². The van der Waals surface area contributed by atoms with E-state index in [1.54, 1.807) is 7.05 Å². The highest BCUT2D eigenvalue weighted by Gasteiger charge is 2.08. The first-order valence-corrected chi connectivity index (χ1v) is 4.80. The van der Waals surface area contributed by atoms with Gasteiger partial charge >= 0.3 is 0 Å². The third-order valence-corrected chi connectivity index (χ3v) is 1.90. The lowest BCUT2D eigenvalue weighted by Gasteiger charge is -2.06. The summed E-state index contributed by atoms with van der Waals surface area (Å²) in [6.45, 7) is 2.91. The van der Waals surface area contributed by atoms with E-state index in [1.165, 1.54) is 10.9 Å². The molecule has 0 aliphatic rings. The van der Waals surface area contributed by atoms with Gasteiger partial charge in [0.2, 0.25) is 5.91 Å². The third kappa shape index (κ3) is 3.25. The van der Waals surface area contributed by atoms with Gasteiger partial charge in [-0.15, -0.1) is 0 Å². The van der Waals surface area contributed by atoms with Gasteiger partial charge in [0.05, 0.1) is 24.9 Å². The van der Waals surface area contributed by atoms with Gasteiger partial charge in [-0.2, -0.15) is 5.10 Å². The molecule has 6 heteroatoms. The maximum atomic E-state index is 11.4. The van der Waals surface area contributed by atoms with Gasteiger partial charge in [0.25, 0.3) is 0 Å². The molecule has 0 atom stereocenters. The van der Waals surface area contributed by atoms with Crippen LogP contribution in [0.1, 0.15) is 13.3 Å². The van der Waals surface area contributed by atoms with Gasteiger partial charge in [-0.1, -0.05) is 0 Å². The van der Waals surface area contributed by atoms with Gasteiger partial charge in [0.1, 0.15) is 0 Å². The lowest BCUT2D eigenvalue weighted by molar-refractivity contribution is -0.117. The molecule has 15 heavy (non-hydrogen) atoms. The Hall–Kier alpha value is -1.56. The molecule has 0 spiro atoms. The van der Waals surface area contributed by atoms with Crippen molar-refractivity contribution in [1.82, 2.24) is 9.78 Å². The molecule has 84 valence electrons. The Labute approximate surface area is 88.4 Å². The maximum Gasteiger partial charge on any atom is 0.227 e. The quantitative estimate of drug-likeness (QED) is 0.691. The van der Waals surface area contributed by atoms with Gasteiger partial charge in [-0.05, 0) is 6.92 Å². The van der Waals surface area contributed by atoms with Crippen LogP contribution >= 0.6 is 0 Å². The number of amides is 1. The van der Waals surface area contributed by atoms with Crippen molar-refractivity contribution < 1.29 is 9.53 Å². The Bertz CT molecular complexity index is 315. The number of nitrogens with zero attached hydrogens (tertiary/aromatic N) is 2. The number of nitrogen functional groups attached to an aromatic ring is 1. The van der Waals surface area contributed by atoms with E-state index in [9.17, 15) is 4.79 Å². The average molecular weight is 212 g/mol. The second kappa shape index (κ2) is 5.35. The fraction of sp³-hybridized carbons (Fsp3) is 0.556. The standard InChI is InChI=1S/C9H16N4O2/c1-3-15-5-4-8(14)12-9-7(10)6-11-13(9)2/h6H,3-5,10H2,1-2H3,(H,12,14). The summed E-state index contributed by atoms with van der Waals surface area (Å²) >= 11 is 0. The highest BCUT2D eigenvalue weighted by Crippen LogP contribution is 2.15. The van der Waals surface area contributed by atoms with E-state index >= 15 is 0 Å². The molecule has 0 radical (unpaired) electrons. The van der Waals surface area contributed by atoms with Crippen LogP contribution in [-0.4, -0.2) is 28.9 Å². The molecule has 1 amide bonds. The minimum absolute atomic E-state index is 0.126. The van der Waals surface area contributed by atoms with Crippen molar-refractivity contribution in [1.29, 1.82) is 0 Å². The Morgan fingerprint density at radius 3 is 3.00 bits per heavy atom. The molecule has 0 saturated heterocycles. The van der Waals surface area contributed by atoms with Gasteiger partial charge in [0, 0.05) is 13.7 Å². The van der Waals surface area contributed by atoms with Gasteiger partial charge in [-0.25, -0.2) is 0 Å². The van der Waals surface area contributed by atoms with Crippen LogP contribution in [0.15, 0.2) is 6.20 Å². The number of anilines is 2. The summed E-state index contributed by atoms with van der Waals surface area (Å²) in [5, 5.41) is 6.59. The highest BCUT2D eigenvalue weighted by molar-refractivity contribution is 5.92. The monoisotopic (exact) mass is 212 g/mol. The minimum Gasteiger partial charge on any atom is -0.394 e. The van der Waals surface area contributed by atoms with E-state index in [2.05, 4.69) is 10.4 Å². The number of aromatic nitrogens is 2. The molecule has 0 aliphatic carbocycles. The fourth-order valence-corrected chi connectivity index (χ4v) is 1.11. The zero-order chi connectivity index (χ0) is 11.3. The smallest absolute Gasteiger partial charge is 0.227 e. The zero-order valence-electron chi connectivity index (χ0n) is 8.99. The molecule has 0 aliphatic heterocycles. The predicted octanol–water partition coefficient (Wildman–Crippen LogP) is 0.367. The van der Waals surface area contributed by atoms with Crippen molar-refractivity contribution in [2.45, 2.75) is 13.3 Å². The largest absolute Gasteiger partial charge is 0.394 e. The number of aryl methyl sites for hydroxylation is 1. The number of hydrogen-bond acceptors (Lipinski definition) is 4. The Balaban J connectivity index is 2.44. The Kier molecular flexibility index (Phi) is 4.11. The van der Waals surface area contributed by atoms with Crippen molar-refractivity contribution in [3.63, 3.8) is 0 Å². The van der Waals surface area contributed by atoms with Crippen LogP contribution in [0.5, 0.6) is 0 Å². The molecule has 0 saturated carbocycles. The van der Waals surface area contributed by atoms with Gasteiger partial charge in [0.15, 0.2) is 5.82 Å². The zero-order valence-corrected chi connectivity index (χ0v) is 8.99. The second-order valence-corrected chi connectivity index (χ2v) is 3.07. The number of rotatable bonds is 5. The fourth-order valence-electron chi connectivity index (χ4n) is 1.11. The van der Waals surface area contributed by atoms with Crippen molar-refractivity contribution in [3.05, 3.63) is 6.20 Å². The molecule has 0 fully saturated rings. The topological polar surface area (TPSA) is 82.2 Å². The van der Waals surface area contributed by atoms with E-state index < -0.39 is 0 Å². The molecule has 0 unspecified atom stereocenters. The molecule has 1 aromatic heterocycles. The molecule has 1 rings (SSSR count). The van der Waals surface area contributed by atoms with E-state index in [-0.39, 0.29) is 5.91 Å². The second-order valence-electron chi connectivity index (χ2n) is 3.07.